The molecule has 1 saturated heterocycles. The van der Waals surface area contributed by atoms with Crippen molar-refractivity contribution in [1.29, 1.82) is 0 Å². The second kappa shape index (κ2) is 13.4. The van der Waals surface area contributed by atoms with Gasteiger partial charge < -0.3 is 10.6 Å². The second-order valence-electron chi connectivity index (χ2n) is 7.29. The number of hydrogen-bond acceptors (Lipinski definition) is 3. The van der Waals surface area contributed by atoms with Crippen molar-refractivity contribution >= 4 is 30.7 Å². The Kier molecular flexibility index (Phi) is 13.0. The van der Waals surface area contributed by atoms with E-state index < -0.39 is 0 Å². The van der Waals surface area contributed by atoms with Gasteiger partial charge in [-0.2, -0.15) is 0 Å². The van der Waals surface area contributed by atoms with Gasteiger partial charge in [-0.15, -0.1) is 24.8 Å². The minimum atomic E-state index is 0. The SMILES string of the molecule is CC(C)N(C)Cc1ccccc1CNC(=O)CCC1CCNCC1.Cl.Cl. The molecule has 1 aliphatic heterocycles. The summed E-state index contributed by atoms with van der Waals surface area (Å²) >= 11 is 0. The van der Waals surface area contributed by atoms with Gasteiger partial charge in [-0.05, 0) is 70.3 Å². The van der Waals surface area contributed by atoms with Gasteiger partial charge in [-0.25, -0.2) is 0 Å². The number of nitrogens with one attached hydrogen (secondary N) is 2. The highest BCUT2D eigenvalue weighted by atomic mass is 35.5. The number of piperidine rings is 1. The fourth-order valence-electron chi connectivity index (χ4n) is 3.12. The van der Waals surface area contributed by atoms with Crippen molar-refractivity contribution in [2.24, 2.45) is 5.92 Å². The Labute approximate surface area is 171 Å². The Bertz CT molecular complexity index is 520. The van der Waals surface area contributed by atoms with Crippen LogP contribution in [0.4, 0.5) is 0 Å². The van der Waals surface area contributed by atoms with Crippen LogP contribution in [0.5, 0.6) is 0 Å². The molecule has 150 valence electrons. The first-order chi connectivity index (χ1) is 11.6. The first kappa shape index (κ1) is 25.2. The Hall–Kier alpha value is -0.810. The van der Waals surface area contributed by atoms with Crippen LogP contribution in [-0.4, -0.2) is 37.0 Å². The summed E-state index contributed by atoms with van der Waals surface area (Å²) in [5.74, 6) is 0.893. The number of nitrogens with zero attached hydrogens (tertiary/aromatic N) is 1. The lowest BCUT2D eigenvalue weighted by Crippen LogP contribution is -2.30. The fourth-order valence-corrected chi connectivity index (χ4v) is 3.12. The minimum Gasteiger partial charge on any atom is -0.352 e. The maximum atomic E-state index is 12.2. The van der Waals surface area contributed by atoms with E-state index in [9.17, 15) is 4.79 Å². The molecule has 1 aromatic carbocycles. The van der Waals surface area contributed by atoms with E-state index in [1.54, 1.807) is 0 Å². The Morgan fingerprint density at radius 3 is 2.42 bits per heavy atom. The molecule has 4 nitrogen and oxygen atoms in total. The summed E-state index contributed by atoms with van der Waals surface area (Å²) in [6, 6.07) is 8.92. The lowest BCUT2D eigenvalue weighted by Gasteiger charge is -2.23. The summed E-state index contributed by atoms with van der Waals surface area (Å²) in [6.45, 7) is 8.15. The highest BCUT2D eigenvalue weighted by Crippen LogP contribution is 2.18. The van der Waals surface area contributed by atoms with E-state index in [1.807, 2.05) is 0 Å². The van der Waals surface area contributed by atoms with Crippen LogP contribution in [0.25, 0.3) is 0 Å². The molecule has 0 aromatic heterocycles. The molecule has 1 heterocycles. The second-order valence-corrected chi connectivity index (χ2v) is 7.29. The van der Waals surface area contributed by atoms with Gasteiger partial charge in [0, 0.05) is 25.6 Å². The monoisotopic (exact) mass is 403 g/mol. The summed E-state index contributed by atoms with van der Waals surface area (Å²) < 4.78 is 0. The van der Waals surface area contributed by atoms with Gasteiger partial charge in [0.1, 0.15) is 0 Å². The number of hydrogen-bond donors (Lipinski definition) is 2. The molecule has 0 unspecified atom stereocenters. The summed E-state index contributed by atoms with van der Waals surface area (Å²) in [5, 5.41) is 6.48. The van der Waals surface area contributed by atoms with Gasteiger partial charge in [0.05, 0.1) is 0 Å². The minimum absolute atomic E-state index is 0. The predicted octanol–water partition coefficient (Wildman–Crippen LogP) is 3.77. The third-order valence-electron chi connectivity index (χ3n) is 5.13. The molecule has 2 rings (SSSR count). The van der Waals surface area contributed by atoms with Crippen molar-refractivity contribution in [2.75, 3.05) is 20.1 Å². The lowest BCUT2D eigenvalue weighted by atomic mass is 9.93. The van der Waals surface area contributed by atoms with E-state index in [2.05, 4.69) is 60.7 Å². The third kappa shape index (κ3) is 8.72. The smallest absolute Gasteiger partial charge is 0.220 e. The predicted molar refractivity (Wildman–Crippen MR) is 114 cm³/mol. The van der Waals surface area contributed by atoms with Gasteiger partial charge in [0.25, 0.3) is 0 Å². The van der Waals surface area contributed by atoms with Crippen LogP contribution in [0.1, 0.15) is 50.7 Å². The Balaban J connectivity index is 0.00000312. The summed E-state index contributed by atoms with van der Waals surface area (Å²) in [5.41, 5.74) is 2.52. The maximum Gasteiger partial charge on any atom is 0.220 e. The zero-order chi connectivity index (χ0) is 17.4. The number of halogens is 2. The molecule has 1 fully saturated rings. The van der Waals surface area contributed by atoms with Crippen LogP contribution in [0, 0.1) is 5.92 Å². The Morgan fingerprint density at radius 1 is 1.19 bits per heavy atom. The molecule has 0 atom stereocenters. The van der Waals surface area contributed by atoms with Crippen molar-refractivity contribution < 1.29 is 4.79 Å². The van der Waals surface area contributed by atoms with Crippen LogP contribution >= 0.6 is 24.8 Å². The van der Waals surface area contributed by atoms with E-state index in [0.29, 0.717) is 24.9 Å². The average molecular weight is 404 g/mol. The topological polar surface area (TPSA) is 44.4 Å². The normalized spacial score (nSPS) is 14.7. The van der Waals surface area contributed by atoms with Gasteiger partial charge >= 0.3 is 0 Å². The third-order valence-corrected chi connectivity index (χ3v) is 5.13. The molecule has 0 radical (unpaired) electrons. The molecule has 1 amide bonds. The zero-order valence-corrected chi connectivity index (χ0v) is 17.9. The highest BCUT2D eigenvalue weighted by Gasteiger charge is 2.14. The van der Waals surface area contributed by atoms with Gasteiger partial charge in [-0.3, -0.25) is 9.69 Å². The van der Waals surface area contributed by atoms with Gasteiger partial charge in [0.15, 0.2) is 0 Å². The van der Waals surface area contributed by atoms with Crippen molar-refractivity contribution in [2.45, 2.75) is 58.7 Å². The molecule has 6 heteroatoms. The molecule has 1 aliphatic rings. The average Bonchev–Trinajstić information content (AvgIpc) is 2.60. The molecule has 1 aromatic rings. The number of carbonyl (C=O) groups excluding carboxylic acids is 1. The quantitative estimate of drug-likeness (QED) is 0.693. The van der Waals surface area contributed by atoms with Crippen molar-refractivity contribution in [1.82, 2.24) is 15.5 Å². The number of rotatable bonds is 8. The first-order valence-electron chi connectivity index (χ1n) is 9.30. The van der Waals surface area contributed by atoms with Crippen LogP contribution in [0.3, 0.4) is 0 Å². The molecule has 26 heavy (non-hydrogen) atoms. The maximum absolute atomic E-state index is 12.2. The van der Waals surface area contributed by atoms with Crippen LogP contribution < -0.4 is 10.6 Å². The largest absolute Gasteiger partial charge is 0.352 e. The Morgan fingerprint density at radius 2 is 1.81 bits per heavy atom. The van der Waals surface area contributed by atoms with Crippen LogP contribution in [0.2, 0.25) is 0 Å². The lowest BCUT2D eigenvalue weighted by molar-refractivity contribution is -0.121. The summed E-state index contributed by atoms with van der Waals surface area (Å²) in [6.07, 6.45) is 4.08. The van der Waals surface area contributed by atoms with Crippen molar-refractivity contribution in [3.8, 4) is 0 Å². The van der Waals surface area contributed by atoms with Gasteiger partial charge in [-0.1, -0.05) is 24.3 Å². The molecule has 2 N–H and O–H groups in total. The van der Waals surface area contributed by atoms with Crippen molar-refractivity contribution in [3.05, 3.63) is 35.4 Å². The van der Waals surface area contributed by atoms with E-state index in [1.165, 1.54) is 24.0 Å². The van der Waals surface area contributed by atoms with E-state index in [4.69, 9.17) is 0 Å². The van der Waals surface area contributed by atoms with Gasteiger partial charge in [0.2, 0.25) is 5.91 Å². The van der Waals surface area contributed by atoms with Crippen LogP contribution in [-0.2, 0) is 17.9 Å². The first-order valence-corrected chi connectivity index (χ1v) is 9.30. The standard InChI is InChI=1S/C20H33N3O.2ClH/c1-16(2)23(3)15-19-7-5-4-6-18(19)14-22-20(24)9-8-17-10-12-21-13-11-17;;/h4-7,16-17,21H,8-15H2,1-3H3,(H,22,24);2*1H. The molecule has 0 saturated carbocycles. The number of amides is 1. The van der Waals surface area contributed by atoms with Crippen LogP contribution in [0.15, 0.2) is 24.3 Å². The van der Waals surface area contributed by atoms with Crippen molar-refractivity contribution in [3.63, 3.8) is 0 Å². The summed E-state index contributed by atoms with van der Waals surface area (Å²) in [4.78, 5) is 14.5. The highest BCUT2D eigenvalue weighted by molar-refractivity contribution is 5.85. The fraction of sp³-hybridized carbons (Fsp3) is 0.650. The molecule has 0 spiro atoms. The molecular weight excluding hydrogens is 369 g/mol. The molecule has 0 bridgehead atoms. The zero-order valence-electron chi connectivity index (χ0n) is 16.3. The number of carbonyl (C=O) groups is 1. The van der Waals surface area contributed by atoms with E-state index >= 15 is 0 Å². The number of benzene rings is 1. The molecule has 0 aliphatic carbocycles. The van der Waals surface area contributed by atoms with E-state index in [-0.39, 0.29) is 30.7 Å². The molecular formula is C20H35Cl2N3O. The van der Waals surface area contributed by atoms with E-state index in [0.717, 1.165) is 26.1 Å². The summed E-state index contributed by atoms with van der Waals surface area (Å²) in [7, 11) is 2.14.